The van der Waals surface area contributed by atoms with Gasteiger partial charge in [-0.05, 0) is 52.6 Å². The van der Waals surface area contributed by atoms with E-state index >= 15 is 0 Å². The molecule has 1 rings (SSSR count). The molecule has 0 aromatic carbocycles. The predicted molar refractivity (Wildman–Crippen MR) is 85.5 cm³/mol. The highest BCUT2D eigenvalue weighted by atomic mass is 19.4. The molecule has 3 N–H and O–H groups in total. The molecular formula is C15H29F3N4O. The smallest absolute Gasteiger partial charge is 0.393 e. The summed E-state index contributed by atoms with van der Waals surface area (Å²) in [5.74, 6) is 0.701. The maximum absolute atomic E-state index is 12.2. The standard InChI is InChI=1S/C15H29F3N4O/c1-3-19-14(21-12-5-7-13(23)8-6-12)20-9-4-10-22(2)11-15(16,17)18/h12-13,23H,3-11H2,1-2H3,(H2,19,20,21). The van der Waals surface area contributed by atoms with Gasteiger partial charge in [-0.2, -0.15) is 13.2 Å². The maximum Gasteiger partial charge on any atom is 0.401 e. The fourth-order valence-corrected chi connectivity index (χ4v) is 2.65. The molecule has 1 aliphatic rings. The van der Waals surface area contributed by atoms with Crippen molar-refractivity contribution in [3.63, 3.8) is 0 Å². The van der Waals surface area contributed by atoms with Gasteiger partial charge in [0.2, 0.25) is 0 Å². The Labute approximate surface area is 136 Å². The van der Waals surface area contributed by atoms with Gasteiger partial charge in [0.05, 0.1) is 12.6 Å². The highest BCUT2D eigenvalue weighted by molar-refractivity contribution is 5.80. The van der Waals surface area contributed by atoms with E-state index in [9.17, 15) is 18.3 Å². The molecule has 1 saturated carbocycles. The van der Waals surface area contributed by atoms with E-state index in [-0.39, 0.29) is 6.10 Å². The second-order valence-electron chi connectivity index (χ2n) is 6.12. The van der Waals surface area contributed by atoms with Crippen LogP contribution in [-0.2, 0) is 0 Å². The van der Waals surface area contributed by atoms with Crippen LogP contribution in [0.3, 0.4) is 0 Å². The summed E-state index contributed by atoms with van der Waals surface area (Å²) < 4.78 is 36.7. The summed E-state index contributed by atoms with van der Waals surface area (Å²) in [6.45, 7) is 2.65. The van der Waals surface area contributed by atoms with Crippen LogP contribution in [0.4, 0.5) is 13.2 Å². The largest absolute Gasteiger partial charge is 0.401 e. The molecule has 23 heavy (non-hydrogen) atoms. The van der Waals surface area contributed by atoms with Crippen molar-refractivity contribution in [3.8, 4) is 0 Å². The van der Waals surface area contributed by atoms with E-state index in [1.54, 1.807) is 0 Å². The van der Waals surface area contributed by atoms with Crippen molar-refractivity contribution in [3.05, 3.63) is 0 Å². The summed E-state index contributed by atoms with van der Waals surface area (Å²) >= 11 is 0. The Balaban J connectivity index is 2.31. The minimum absolute atomic E-state index is 0.197. The quantitative estimate of drug-likeness (QED) is 0.376. The highest BCUT2D eigenvalue weighted by Crippen LogP contribution is 2.18. The summed E-state index contributed by atoms with van der Waals surface area (Å²) in [7, 11) is 1.47. The molecule has 0 radical (unpaired) electrons. The minimum atomic E-state index is -4.15. The van der Waals surface area contributed by atoms with Crippen molar-refractivity contribution in [2.45, 2.75) is 57.3 Å². The van der Waals surface area contributed by atoms with Crippen molar-refractivity contribution in [1.82, 2.24) is 15.5 Å². The molecule has 0 unspecified atom stereocenters. The van der Waals surface area contributed by atoms with E-state index in [0.29, 0.717) is 31.5 Å². The Kier molecular flexibility index (Phi) is 8.68. The second kappa shape index (κ2) is 9.97. The number of hydrogen-bond donors (Lipinski definition) is 3. The van der Waals surface area contributed by atoms with Crippen LogP contribution in [0.1, 0.15) is 39.0 Å². The number of rotatable bonds is 7. The lowest BCUT2D eigenvalue weighted by molar-refractivity contribution is -0.143. The van der Waals surface area contributed by atoms with Crippen molar-refractivity contribution >= 4 is 5.96 Å². The number of aliphatic hydroxyl groups is 1. The van der Waals surface area contributed by atoms with Gasteiger partial charge >= 0.3 is 6.18 Å². The van der Waals surface area contributed by atoms with E-state index in [2.05, 4.69) is 15.6 Å². The van der Waals surface area contributed by atoms with Crippen LogP contribution < -0.4 is 10.6 Å². The lowest BCUT2D eigenvalue weighted by Gasteiger charge is -2.27. The Morgan fingerprint density at radius 1 is 1.26 bits per heavy atom. The van der Waals surface area contributed by atoms with Crippen LogP contribution in [0.2, 0.25) is 0 Å². The first-order chi connectivity index (χ1) is 10.8. The average molecular weight is 338 g/mol. The SMILES string of the molecule is CCNC(=NCCCN(C)CC(F)(F)F)NC1CCC(O)CC1. The van der Waals surface area contributed by atoms with Gasteiger partial charge in [-0.25, -0.2) is 0 Å². The van der Waals surface area contributed by atoms with Gasteiger partial charge in [0.1, 0.15) is 0 Å². The molecule has 0 spiro atoms. The van der Waals surface area contributed by atoms with Gasteiger partial charge in [-0.3, -0.25) is 9.89 Å². The molecule has 0 aromatic heterocycles. The van der Waals surface area contributed by atoms with Crippen molar-refractivity contribution in [2.75, 3.05) is 33.2 Å². The van der Waals surface area contributed by atoms with Crippen LogP contribution >= 0.6 is 0 Å². The van der Waals surface area contributed by atoms with Crippen LogP contribution in [0.25, 0.3) is 0 Å². The predicted octanol–water partition coefficient (Wildman–Crippen LogP) is 1.73. The number of hydrogen-bond acceptors (Lipinski definition) is 3. The lowest BCUT2D eigenvalue weighted by Crippen LogP contribution is -2.45. The number of aliphatic hydroxyl groups excluding tert-OH is 1. The second-order valence-corrected chi connectivity index (χ2v) is 6.12. The normalized spacial score (nSPS) is 23.2. The zero-order valence-corrected chi connectivity index (χ0v) is 14.0. The molecule has 8 heteroatoms. The molecule has 136 valence electrons. The van der Waals surface area contributed by atoms with Crippen molar-refractivity contribution in [1.29, 1.82) is 0 Å². The van der Waals surface area contributed by atoms with E-state index in [1.807, 2.05) is 6.92 Å². The van der Waals surface area contributed by atoms with E-state index < -0.39 is 12.7 Å². The van der Waals surface area contributed by atoms with E-state index in [4.69, 9.17) is 0 Å². The molecule has 0 heterocycles. The summed E-state index contributed by atoms with van der Waals surface area (Å²) in [6, 6.07) is 0.295. The van der Waals surface area contributed by atoms with Gasteiger partial charge in [-0.1, -0.05) is 0 Å². The lowest BCUT2D eigenvalue weighted by atomic mass is 9.93. The third-order valence-electron chi connectivity index (χ3n) is 3.80. The average Bonchev–Trinajstić information content (AvgIpc) is 2.44. The summed E-state index contributed by atoms with van der Waals surface area (Å²) in [4.78, 5) is 5.68. The first-order valence-corrected chi connectivity index (χ1v) is 8.28. The summed E-state index contributed by atoms with van der Waals surface area (Å²) in [6.07, 6.45) is -0.387. The van der Waals surface area contributed by atoms with Crippen LogP contribution in [-0.4, -0.2) is 67.5 Å². The number of aliphatic imine (C=N–C) groups is 1. The van der Waals surface area contributed by atoms with Crippen molar-refractivity contribution in [2.24, 2.45) is 4.99 Å². The van der Waals surface area contributed by atoms with Crippen LogP contribution in [0.5, 0.6) is 0 Å². The number of guanidine groups is 1. The van der Waals surface area contributed by atoms with E-state index in [0.717, 1.165) is 32.2 Å². The summed E-state index contributed by atoms with van der Waals surface area (Å²) in [5, 5.41) is 16.0. The molecule has 0 aromatic rings. The third-order valence-corrected chi connectivity index (χ3v) is 3.80. The van der Waals surface area contributed by atoms with Crippen LogP contribution in [0, 0.1) is 0 Å². The maximum atomic E-state index is 12.2. The fraction of sp³-hybridized carbons (Fsp3) is 0.933. The zero-order chi connectivity index (χ0) is 17.3. The van der Waals surface area contributed by atoms with E-state index in [1.165, 1.54) is 11.9 Å². The third kappa shape index (κ3) is 9.65. The Bertz CT molecular complexity index is 355. The minimum Gasteiger partial charge on any atom is -0.393 e. The molecular weight excluding hydrogens is 309 g/mol. The molecule has 0 saturated heterocycles. The Morgan fingerprint density at radius 2 is 1.91 bits per heavy atom. The Hall–Kier alpha value is -1.02. The summed E-state index contributed by atoms with van der Waals surface area (Å²) in [5.41, 5.74) is 0. The first kappa shape index (κ1) is 20.0. The molecule has 0 amide bonds. The van der Waals surface area contributed by atoms with Gasteiger partial charge in [-0.15, -0.1) is 0 Å². The number of alkyl halides is 3. The van der Waals surface area contributed by atoms with Gasteiger partial charge < -0.3 is 15.7 Å². The van der Waals surface area contributed by atoms with Crippen LogP contribution in [0.15, 0.2) is 4.99 Å². The number of halogens is 3. The van der Waals surface area contributed by atoms with Gasteiger partial charge in [0.25, 0.3) is 0 Å². The van der Waals surface area contributed by atoms with Crippen molar-refractivity contribution < 1.29 is 18.3 Å². The molecule has 0 atom stereocenters. The zero-order valence-electron chi connectivity index (χ0n) is 14.0. The molecule has 1 fully saturated rings. The molecule has 0 bridgehead atoms. The molecule has 5 nitrogen and oxygen atoms in total. The molecule has 1 aliphatic carbocycles. The monoisotopic (exact) mass is 338 g/mol. The van der Waals surface area contributed by atoms with Gasteiger partial charge in [0, 0.05) is 19.1 Å². The Morgan fingerprint density at radius 3 is 2.48 bits per heavy atom. The topological polar surface area (TPSA) is 59.9 Å². The molecule has 0 aliphatic heterocycles. The fourth-order valence-electron chi connectivity index (χ4n) is 2.65. The first-order valence-electron chi connectivity index (χ1n) is 8.28. The number of nitrogens with one attached hydrogen (secondary N) is 2. The number of nitrogens with zero attached hydrogens (tertiary/aromatic N) is 2. The highest BCUT2D eigenvalue weighted by Gasteiger charge is 2.28. The van der Waals surface area contributed by atoms with Gasteiger partial charge in [0.15, 0.2) is 5.96 Å².